The Kier molecular flexibility index (Phi) is 6.45. The number of carbonyl (C=O) groups excluding carboxylic acids is 1. The number of hydrogen-bond acceptors (Lipinski definition) is 4. The van der Waals surface area contributed by atoms with Crippen LogP contribution in [0.3, 0.4) is 0 Å². The summed E-state index contributed by atoms with van der Waals surface area (Å²) in [5.41, 5.74) is 0. The molecule has 0 amide bonds. The molecule has 0 aromatic heterocycles. The Morgan fingerprint density at radius 3 is 1.88 bits per heavy atom. The average molecular weight is 260 g/mol. The van der Waals surface area contributed by atoms with Crippen LogP contribution in [-0.4, -0.2) is 26.0 Å². The highest BCUT2D eigenvalue weighted by molar-refractivity contribution is 7.85. The van der Waals surface area contributed by atoms with Gasteiger partial charge in [-0.3, -0.25) is 9.35 Å². The first-order valence-corrected chi connectivity index (χ1v) is 6.33. The third-order valence-corrected chi connectivity index (χ3v) is 2.58. The summed E-state index contributed by atoms with van der Waals surface area (Å²) in [7, 11) is -2.61. The van der Waals surface area contributed by atoms with Gasteiger partial charge in [-0.15, -0.1) is 0 Å². The maximum absolute atomic E-state index is 10.4. The largest absolute Gasteiger partial charge is 0.469 e. The van der Waals surface area contributed by atoms with E-state index < -0.39 is 10.1 Å². The van der Waals surface area contributed by atoms with Gasteiger partial charge in [0.05, 0.1) is 17.9 Å². The van der Waals surface area contributed by atoms with Crippen molar-refractivity contribution in [3.8, 4) is 0 Å². The molecule has 1 aromatic carbocycles. The van der Waals surface area contributed by atoms with Crippen molar-refractivity contribution in [3.05, 3.63) is 30.3 Å². The number of carbonyl (C=O) groups is 1. The van der Waals surface area contributed by atoms with Crippen molar-refractivity contribution in [1.82, 2.24) is 0 Å². The van der Waals surface area contributed by atoms with Crippen LogP contribution in [0.15, 0.2) is 35.2 Å². The number of rotatable bonds is 2. The molecule has 0 aliphatic heterocycles. The van der Waals surface area contributed by atoms with Crippen molar-refractivity contribution in [2.45, 2.75) is 18.7 Å². The van der Waals surface area contributed by atoms with Crippen LogP contribution >= 0.6 is 0 Å². The van der Waals surface area contributed by atoms with E-state index in [1.165, 1.54) is 19.2 Å². The highest BCUT2D eigenvalue weighted by atomic mass is 32.2. The number of benzene rings is 1. The lowest BCUT2D eigenvalue weighted by molar-refractivity contribution is -0.144. The van der Waals surface area contributed by atoms with Gasteiger partial charge in [-0.1, -0.05) is 32.0 Å². The lowest BCUT2D eigenvalue weighted by atomic mass is 10.2. The van der Waals surface area contributed by atoms with Gasteiger partial charge < -0.3 is 4.74 Å². The van der Waals surface area contributed by atoms with Crippen molar-refractivity contribution in [2.24, 2.45) is 5.92 Å². The first kappa shape index (κ1) is 15.6. The molecule has 96 valence electrons. The number of methoxy groups -OCH3 is 1. The zero-order valence-corrected chi connectivity index (χ0v) is 10.8. The maximum atomic E-state index is 10.4. The second-order valence-corrected chi connectivity index (χ2v) is 4.89. The van der Waals surface area contributed by atoms with Crippen molar-refractivity contribution in [1.29, 1.82) is 0 Å². The lowest BCUT2D eigenvalue weighted by Gasteiger charge is -1.97. The van der Waals surface area contributed by atoms with Gasteiger partial charge in [0.2, 0.25) is 0 Å². The van der Waals surface area contributed by atoms with E-state index in [9.17, 15) is 13.2 Å². The number of esters is 1. The summed E-state index contributed by atoms with van der Waals surface area (Å²) in [5.74, 6) is -0.148. The molecule has 1 aromatic rings. The van der Waals surface area contributed by atoms with Gasteiger partial charge in [-0.2, -0.15) is 8.42 Å². The predicted octanol–water partition coefficient (Wildman–Crippen LogP) is 1.75. The van der Waals surface area contributed by atoms with E-state index >= 15 is 0 Å². The van der Waals surface area contributed by atoms with Crippen molar-refractivity contribution < 1.29 is 22.5 Å². The highest BCUT2D eigenvalue weighted by Gasteiger charge is 2.05. The molecule has 5 nitrogen and oxygen atoms in total. The smallest absolute Gasteiger partial charge is 0.308 e. The normalized spacial score (nSPS) is 10.4. The SMILES string of the molecule is COC(=O)C(C)C.O=S(=O)(O)c1ccccc1. The quantitative estimate of drug-likeness (QED) is 0.647. The van der Waals surface area contributed by atoms with E-state index in [4.69, 9.17) is 4.55 Å². The van der Waals surface area contributed by atoms with Crippen LogP contribution in [0.25, 0.3) is 0 Å². The molecule has 0 aliphatic carbocycles. The van der Waals surface area contributed by atoms with Gasteiger partial charge in [0.1, 0.15) is 0 Å². The van der Waals surface area contributed by atoms with E-state index in [-0.39, 0.29) is 16.8 Å². The Hall–Kier alpha value is -1.40. The summed E-state index contributed by atoms with van der Waals surface area (Å²) in [6, 6.07) is 7.42. The highest BCUT2D eigenvalue weighted by Crippen LogP contribution is 2.05. The Bertz CT molecular complexity index is 436. The van der Waals surface area contributed by atoms with Crippen molar-refractivity contribution >= 4 is 16.1 Å². The van der Waals surface area contributed by atoms with Gasteiger partial charge >= 0.3 is 5.97 Å². The van der Waals surface area contributed by atoms with Gasteiger partial charge in [0.15, 0.2) is 0 Å². The van der Waals surface area contributed by atoms with Crippen LogP contribution in [-0.2, 0) is 19.6 Å². The standard InChI is InChI=1S/C6H6O3S.C5H10O2/c7-10(8,9)6-4-2-1-3-5-6;1-4(2)5(6)7-3/h1-5H,(H,7,8,9);4H,1-3H3. The lowest BCUT2D eigenvalue weighted by Crippen LogP contribution is -2.07. The fourth-order valence-corrected chi connectivity index (χ4v) is 1.33. The molecule has 0 aliphatic rings. The monoisotopic (exact) mass is 260 g/mol. The van der Waals surface area contributed by atoms with Crippen LogP contribution in [0.4, 0.5) is 0 Å². The first-order chi connectivity index (χ1) is 7.79. The van der Waals surface area contributed by atoms with Gasteiger partial charge in [0.25, 0.3) is 10.1 Å². The second-order valence-electron chi connectivity index (χ2n) is 3.47. The predicted molar refractivity (Wildman–Crippen MR) is 63.1 cm³/mol. The Labute approximate surface area is 101 Å². The molecule has 6 heteroatoms. The number of hydrogen-bond donors (Lipinski definition) is 1. The van der Waals surface area contributed by atoms with Gasteiger partial charge in [0, 0.05) is 0 Å². The molecule has 0 saturated heterocycles. The topological polar surface area (TPSA) is 80.7 Å². The van der Waals surface area contributed by atoms with Gasteiger partial charge in [-0.25, -0.2) is 0 Å². The van der Waals surface area contributed by atoms with Crippen molar-refractivity contribution in [3.63, 3.8) is 0 Å². The summed E-state index contributed by atoms with van der Waals surface area (Å²) in [5, 5.41) is 0. The summed E-state index contributed by atoms with van der Waals surface area (Å²) in [6.45, 7) is 3.59. The summed E-state index contributed by atoms with van der Waals surface area (Å²) >= 11 is 0. The molecule has 0 atom stereocenters. The minimum atomic E-state index is -4.00. The van der Waals surface area contributed by atoms with E-state index in [0.29, 0.717) is 0 Å². The van der Waals surface area contributed by atoms with Crippen molar-refractivity contribution in [2.75, 3.05) is 7.11 Å². The van der Waals surface area contributed by atoms with Crippen LogP contribution < -0.4 is 0 Å². The Balaban J connectivity index is 0.000000325. The summed E-state index contributed by atoms with van der Waals surface area (Å²) in [6.07, 6.45) is 0. The molecular weight excluding hydrogens is 244 g/mol. The van der Waals surface area contributed by atoms with E-state index in [0.717, 1.165) is 0 Å². The molecule has 0 spiro atoms. The first-order valence-electron chi connectivity index (χ1n) is 4.89. The van der Waals surface area contributed by atoms with E-state index in [2.05, 4.69) is 4.74 Å². The molecule has 0 saturated carbocycles. The minimum Gasteiger partial charge on any atom is -0.469 e. The average Bonchev–Trinajstić information content (AvgIpc) is 2.28. The van der Waals surface area contributed by atoms with Crippen LogP contribution in [0.2, 0.25) is 0 Å². The third kappa shape index (κ3) is 6.70. The fraction of sp³-hybridized carbons (Fsp3) is 0.364. The molecule has 0 unspecified atom stereocenters. The van der Waals surface area contributed by atoms with Gasteiger partial charge in [-0.05, 0) is 12.1 Å². The molecule has 0 fully saturated rings. The van der Waals surface area contributed by atoms with E-state index in [1.54, 1.807) is 32.0 Å². The maximum Gasteiger partial charge on any atom is 0.308 e. The molecule has 0 radical (unpaired) electrons. The van der Waals surface area contributed by atoms with Crippen LogP contribution in [0.1, 0.15) is 13.8 Å². The molecule has 1 rings (SSSR count). The Morgan fingerprint density at radius 2 is 1.71 bits per heavy atom. The third-order valence-electron chi connectivity index (χ3n) is 1.71. The molecule has 1 N–H and O–H groups in total. The molecule has 0 heterocycles. The summed E-state index contributed by atoms with van der Waals surface area (Å²) < 4.78 is 33.6. The Morgan fingerprint density at radius 1 is 1.24 bits per heavy atom. The summed E-state index contributed by atoms with van der Waals surface area (Å²) in [4.78, 5) is 10.2. The second kappa shape index (κ2) is 7.03. The fourth-order valence-electron chi connectivity index (χ4n) is 0.828. The number of ether oxygens (including phenoxy) is 1. The minimum absolute atomic E-state index is 0.00463. The molecule has 17 heavy (non-hydrogen) atoms. The molecular formula is C11H16O5S. The molecule has 0 bridgehead atoms. The van der Waals surface area contributed by atoms with E-state index in [1.807, 2.05) is 0 Å². The van der Waals surface area contributed by atoms with Crippen LogP contribution in [0.5, 0.6) is 0 Å². The zero-order chi connectivity index (χ0) is 13.5. The van der Waals surface area contributed by atoms with Crippen LogP contribution in [0, 0.1) is 5.92 Å². The zero-order valence-electron chi connectivity index (χ0n) is 9.95.